The lowest BCUT2D eigenvalue weighted by Gasteiger charge is -2.19. The minimum absolute atomic E-state index is 0.121. The van der Waals surface area contributed by atoms with Crippen LogP contribution in [-0.4, -0.2) is 35.3 Å². The molecule has 9 heteroatoms. The van der Waals surface area contributed by atoms with Gasteiger partial charge in [0.15, 0.2) is 11.5 Å². The molecule has 0 aliphatic carbocycles. The van der Waals surface area contributed by atoms with Gasteiger partial charge in [-0.25, -0.2) is 14.5 Å². The Bertz CT molecular complexity index is 1960. The zero-order valence-corrected chi connectivity index (χ0v) is 22.3. The molecule has 9 nitrogen and oxygen atoms in total. The lowest BCUT2D eigenvalue weighted by Crippen LogP contribution is -2.28. The third-order valence-corrected chi connectivity index (χ3v) is 6.95. The van der Waals surface area contributed by atoms with Crippen molar-refractivity contribution in [3.05, 3.63) is 107 Å². The number of hydrogen-bond acceptors (Lipinski definition) is 6. The number of para-hydroxylation sites is 1. The number of amides is 1. The van der Waals surface area contributed by atoms with Gasteiger partial charge in [-0.05, 0) is 32.0 Å². The number of rotatable bonds is 4. The number of aromatic nitrogens is 6. The summed E-state index contributed by atoms with van der Waals surface area (Å²) in [6, 6.07) is 19.2. The van der Waals surface area contributed by atoms with Crippen molar-refractivity contribution >= 4 is 28.3 Å². The number of carbonyl (C=O) groups excluding carboxylic acids is 1. The molecule has 6 rings (SSSR count). The molecule has 2 aromatic carbocycles. The number of nitrogens with zero attached hydrogens (tertiary/aromatic N) is 6. The summed E-state index contributed by atoms with van der Waals surface area (Å²) < 4.78 is 3.30. The van der Waals surface area contributed by atoms with Crippen LogP contribution in [0.1, 0.15) is 45.7 Å². The van der Waals surface area contributed by atoms with E-state index in [-0.39, 0.29) is 17.3 Å². The van der Waals surface area contributed by atoms with Crippen LogP contribution in [0, 0.1) is 18.8 Å². The van der Waals surface area contributed by atoms with E-state index in [9.17, 15) is 4.79 Å². The second-order valence-corrected chi connectivity index (χ2v) is 9.53. The highest BCUT2D eigenvalue weighted by molar-refractivity contribution is 6.04. The largest absolute Gasteiger partial charge is 0.381 e. The summed E-state index contributed by atoms with van der Waals surface area (Å²) in [7, 11) is 1.90. The highest BCUT2D eigenvalue weighted by atomic mass is 16.1. The highest BCUT2D eigenvalue weighted by Gasteiger charge is 2.23. The Morgan fingerprint density at radius 3 is 2.62 bits per heavy atom. The van der Waals surface area contributed by atoms with Crippen molar-refractivity contribution in [2.45, 2.75) is 19.9 Å². The number of nitrogen functional groups attached to an aromatic ring is 1. The predicted molar refractivity (Wildman–Crippen MR) is 154 cm³/mol. The van der Waals surface area contributed by atoms with E-state index in [2.05, 4.69) is 38.4 Å². The fourth-order valence-electron chi connectivity index (χ4n) is 4.70. The summed E-state index contributed by atoms with van der Waals surface area (Å²) in [5.74, 6) is 6.30. The molecular weight excluding hydrogens is 500 g/mol. The van der Waals surface area contributed by atoms with Crippen LogP contribution in [-0.2, 0) is 7.05 Å². The number of nitrogens with two attached hydrogens (primary N) is 1. The van der Waals surface area contributed by atoms with Crippen LogP contribution in [0.4, 0.5) is 5.82 Å². The monoisotopic (exact) mass is 526 g/mol. The average Bonchev–Trinajstić information content (AvgIpc) is 3.48. The van der Waals surface area contributed by atoms with E-state index in [0.29, 0.717) is 5.65 Å². The quantitative estimate of drug-likeness (QED) is 0.328. The second kappa shape index (κ2) is 10.0. The van der Waals surface area contributed by atoms with Crippen LogP contribution < -0.4 is 11.1 Å². The van der Waals surface area contributed by atoms with Gasteiger partial charge in [0.05, 0.1) is 40.3 Å². The Balaban J connectivity index is 1.43. The van der Waals surface area contributed by atoms with Crippen molar-refractivity contribution < 1.29 is 4.79 Å². The van der Waals surface area contributed by atoms with Gasteiger partial charge in [0.1, 0.15) is 5.56 Å². The maximum Gasteiger partial charge on any atom is 0.259 e. The Morgan fingerprint density at radius 1 is 1.05 bits per heavy atom. The number of nitrogens with one attached hydrogen (secondary N) is 1. The molecule has 0 spiro atoms. The smallest absolute Gasteiger partial charge is 0.259 e. The van der Waals surface area contributed by atoms with Crippen LogP contribution in [0.2, 0.25) is 0 Å². The number of anilines is 1. The Morgan fingerprint density at radius 2 is 1.85 bits per heavy atom. The lowest BCUT2D eigenvalue weighted by molar-refractivity contribution is 0.0942. The summed E-state index contributed by atoms with van der Waals surface area (Å²) in [5, 5.41) is 12.5. The molecule has 0 unspecified atom stereocenters. The van der Waals surface area contributed by atoms with Gasteiger partial charge >= 0.3 is 0 Å². The van der Waals surface area contributed by atoms with Gasteiger partial charge in [0.25, 0.3) is 5.91 Å². The zero-order valence-electron chi connectivity index (χ0n) is 22.3. The lowest BCUT2D eigenvalue weighted by atomic mass is 9.97. The fourth-order valence-corrected chi connectivity index (χ4v) is 4.70. The van der Waals surface area contributed by atoms with E-state index in [1.54, 1.807) is 29.3 Å². The number of hydrogen-bond donors (Lipinski definition) is 2. The Labute approximate surface area is 230 Å². The molecule has 196 valence electrons. The van der Waals surface area contributed by atoms with Crippen LogP contribution in [0.3, 0.4) is 0 Å². The highest BCUT2D eigenvalue weighted by Crippen LogP contribution is 2.31. The van der Waals surface area contributed by atoms with Crippen molar-refractivity contribution in [3.8, 4) is 23.1 Å². The standard InChI is InChI=1S/C31H26N8O/c1-19(35-31(40)26-29(32)37-39-16-8-15-33-30(26)39)25-17-23-12-7-11-22(13-14-24-18-34-38(3)20(24)2)27(23)36-28(25)21-9-5-4-6-10-21/h4-12,15-19H,1-3H3,(H2,32,37)(H,35,40)/t19-/m1/s1. The summed E-state index contributed by atoms with van der Waals surface area (Å²) in [4.78, 5) is 22.8. The molecule has 1 atom stereocenters. The molecule has 0 saturated heterocycles. The van der Waals surface area contributed by atoms with Gasteiger partial charge in [-0.1, -0.05) is 54.3 Å². The number of aryl methyl sites for hydroxylation is 1. The van der Waals surface area contributed by atoms with Crippen LogP contribution in [0.15, 0.2) is 79.3 Å². The van der Waals surface area contributed by atoms with Gasteiger partial charge in [0, 0.05) is 36.0 Å². The molecule has 0 bridgehead atoms. The number of carbonyl (C=O) groups is 1. The van der Waals surface area contributed by atoms with E-state index in [0.717, 1.165) is 44.5 Å². The second-order valence-electron chi connectivity index (χ2n) is 9.53. The van der Waals surface area contributed by atoms with Crippen LogP contribution in [0.25, 0.3) is 27.8 Å². The van der Waals surface area contributed by atoms with Gasteiger partial charge in [-0.3, -0.25) is 9.48 Å². The number of benzene rings is 2. The first-order chi connectivity index (χ1) is 19.4. The first kappa shape index (κ1) is 24.8. The first-order valence-corrected chi connectivity index (χ1v) is 12.8. The van der Waals surface area contributed by atoms with Crippen LogP contribution in [0.5, 0.6) is 0 Å². The first-order valence-electron chi connectivity index (χ1n) is 12.8. The molecule has 3 N–H and O–H groups in total. The average molecular weight is 527 g/mol. The Kier molecular flexibility index (Phi) is 6.21. The van der Waals surface area contributed by atoms with Crippen molar-refractivity contribution in [2.24, 2.45) is 7.05 Å². The summed E-state index contributed by atoms with van der Waals surface area (Å²) in [6.45, 7) is 3.92. The molecule has 0 aliphatic heterocycles. The molecule has 0 aliphatic rings. The SMILES string of the molecule is Cc1c(C#Cc2cccc3cc([C@@H](C)NC(=O)c4c(N)nn5cccnc45)c(-c4ccccc4)nc23)cnn1C. The normalized spacial score (nSPS) is 11.8. The Hall–Kier alpha value is -5.49. The van der Waals surface area contributed by atoms with Gasteiger partial charge in [0.2, 0.25) is 0 Å². The minimum Gasteiger partial charge on any atom is -0.381 e. The van der Waals surface area contributed by atoms with Gasteiger partial charge in [-0.15, -0.1) is 5.10 Å². The molecule has 4 heterocycles. The minimum atomic E-state index is -0.398. The van der Waals surface area contributed by atoms with Crippen molar-refractivity contribution in [3.63, 3.8) is 0 Å². The molecular formula is C31H26N8O. The van der Waals surface area contributed by atoms with Gasteiger partial charge in [-0.2, -0.15) is 5.10 Å². The molecule has 40 heavy (non-hydrogen) atoms. The number of fused-ring (bicyclic) bond motifs is 2. The number of pyridine rings is 1. The molecule has 0 saturated carbocycles. The van der Waals surface area contributed by atoms with Crippen LogP contribution >= 0.6 is 0 Å². The maximum atomic E-state index is 13.4. The molecule has 1 amide bonds. The molecule has 6 aromatic rings. The summed E-state index contributed by atoms with van der Waals surface area (Å²) in [5.41, 5.74) is 12.8. The van der Waals surface area contributed by atoms with E-state index >= 15 is 0 Å². The van der Waals surface area contributed by atoms with Crippen molar-refractivity contribution in [1.29, 1.82) is 0 Å². The summed E-state index contributed by atoms with van der Waals surface area (Å²) >= 11 is 0. The van der Waals surface area contributed by atoms with Gasteiger partial charge < -0.3 is 11.1 Å². The van der Waals surface area contributed by atoms with E-state index < -0.39 is 6.04 Å². The fraction of sp³-hybridized carbons (Fsp3) is 0.129. The van der Waals surface area contributed by atoms with Crippen molar-refractivity contribution in [2.75, 3.05) is 5.73 Å². The van der Waals surface area contributed by atoms with Crippen molar-refractivity contribution in [1.82, 2.24) is 34.7 Å². The summed E-state index contributed by atoms with van der Waals surface area (Å²) in [6.07, 6.45) is 5.08. The molecule has 0 fully saturated rings. The topological polar surface area (TPSA) is 116 Å². The third-order valence-electron chi connectivity index (χ3n) is 6.95. The van der Waals surface area contributed by atoms with E-state index in [1.165, 1.54) is 4.52 Å². The maximum absolute atomic E-state index is 13.4. The van der Waals surface area contributed by atoms with E-state index in [1.807, 2.05) is 69.4 Å². The predicted octanol–water partition coefficient (Wildman–Crippen LogP) is 4.46. The molecule has 4 aromatic heterocycles. The molecule has 0 radical (unpaired) electrons. The van der Waals surface area contributed by atoms with E-state index in [4.69, 9.17) is 10.7 Å². The third kappa shape index (κ3) is 4.41. The zero-order chi connectivity index (χ0) is 27.8.